The average molecular weight is 242 g/mol. The van der Waals surface area contributed by atoms with Crippen LogP contribution in [0.2, 0.25) is 0 Å². The van der Waals surface area contributed by atoms with Crippen LogP contribution in [0.15, 0.2) is 24.5 Å². The summed E-state index contributed by atoms with van der Waals surface area (Å²) in [6, 6.07) is 3.96. The molecule has 0 atom stereocenters. The molecule has 0 spiro atoms. The van der Waals surface area contributed by atoms with E-state index >= 15 is 0 Å². The fourth-order valence-electron chi connectivity index (χ4n) is 1.81. The molecule has 92 valence electrons. The summed E-state index contributed by atoms with van der Waals surface area (Å²) in [6.45, 7) is 0. The number of hydrogen-bond acceptors (Lipinski definition) is 4. The van der Waals surface area contributed by atoms with Crippen LogP contribution in [0, 0.1) is 0 Å². The van der Waals surface area contributed by atoms with Crippen LogP contribution in [-0.2, 0) is 7.05 Å². The number of rotatable bonds is 2. The largest absolute Gasteiger partial charge is 0.363 e. The van der Waals surface area contributed by atoms with Gasteiger partial charge in [-0.25, -0.2) is 9.97 Å². The van der Waals surface area contributed by atoms with Gasteiger partial charge in [-0.15, -0.1) is 0 Å². The lowest BCUT2D eigenvalue weighted by molar-refractivity contribution is 0.768. The third-order valence-corrected chi connectivity index (χ3v) is 2.77. The number of pyridine rings is 1. The molecule has 6 heteroatoms. The Morgan fingerprint density at radius 2 is 2.06 bits per heavy atom. The lowest BCUT2D eigenvalue weighted by Gasteiger charge is -2.09. The molecular weight excluding hydrogens is 228 g/mol. The number of aromatic nitrogens is 5. The number of hydrogen-bond donors (Lipinski definition) is 1. The zero-order chi connectivity index (χ0) is 12.7. The second-order valence-corrected chi connectivity index (χ2v) is 4.42. The molecule has 0 aliphatic rings. The van der Waals surface area contributed by atoms with Gasteiger partial charge in [0.15, 0.2) is 5.65 Å². The highest BCUT2D eigenvalue weighted by atomic mass is 15.2. The first-order valence-corrected chi connectivity index (χ1v) is 5.66. The molecular formula is C12H14N6. The van der Waals surface area contributed by atoms with Gasteiger partial charge in [-0.05, 0) is 12.1 Å². The molecule has 0 aliphatic carbocycles. The summed E-state index contributed by atoms with van der Waals surface area (Å²) in [5.74, 6) is 1.69. The van der Waals surface area contributed by atoms with E-state index in [0.717, 1.165) is 28.4 Å². The SMILES string of the molecule is CN(C)c1ccc2[nH]c(-c3cnn(C)c3)nc2n1. The number of fused-ring (bicyclic) bond motifs is 1. The monoisotopic (exact) mass is 242 g/mol. The number of nitrogens with zero attached hydrogens (tertiary/aromatic N) is 5. The molecule has 0 aliphatic heterocycles. The number of anilines is 1. The summed E-state index contributed by atoms with van der Waals surface area (Å²) < 4.78 is 1.75. The molecule has 0 aromatic carbocycles. The smallest absolute Gasteiger partial charge is 0.180 e. The van der Waals surface area contributed by atoms with Crippen LogP contribution < -0.4 is 4.90 Å². The van der Waals surface area contributed by atoms with Crippen molar-refractivity contribution in [1.82, 2.24) is 24.7 Å². The second-order valence-electron chi connectivity index (χ2n) is 4.42. The van der Waals surface area contributed by atoms with Crippen LogP contribution in [0.5, 0.6) is 0 Å². The first-order chi connectivity index (χ1) is 8.63. The van der Waals surface area contributed by atoms with Gasteiger partial charge >= 0.3 is 0 Å². The fourth-order valence-corrected chi connectivity index (χ4v) is 1.81. The zero-order valence-electron chi connectivity index (χ0n) is 10.5. The van der Waals surface area contributed by atoms with Gasteiger partial charge in [-0.1, -0.05) is 0 Å². The van der Waals surface area contributed by atoms with E-state index in [1.807, 2.05) is 44.4 Å². The normalized spacial score (nSPS) is 11.1. The van der Waals surface area contributed by atoms with Crippen LogP contribution in [0.25, 0.3) is 22.6 Å². The Hall–Kier alpha value is -2.37. The molecule has 3 aromatic heterocycles. The Morgan fingerprint density at radius 1 is 1.22 bits per heavy atom. The molecule has 0 fully saturated rings. The van der Waals surface area contributed by atoms with Gasteiger partial charge in [0.05, 0.1) is 17.3 Å². The van der Waals surface area contributed by atoms with E-state index in [1.54, 1.807) is 10.9 Å². The quantitative estimate of drug-likeness (QED) is 0.738. The molecule has 3 rings (SSSR count). The molecule has 0 saturated carbocycles. The van der Waals surface area contributed by atoms with E-state index in [-0.39, 0.29) is 0 Å². The maximum atomic E-state index is 4.49. The highest BCUT2D eigenvalue weighted by Crippen LogP contribution is 2.20. The van der Waals surface area contributed by atoms with E-state index in [0.29, 0.717) is 0 Å². The average Bonchev–Trinajstić information content (AvgIpc) is 2.93. The fraction of sp³-hybridized carbons (Fsp3) is 0.250. The molecule has 3 aromatic rings. The van der Waals surface area contributed by atoms with Crippen LogP contribution in [0.4, 0.5) is 5.82 Å². The van der Waals surface area contributed by atoms with Crippen molar-refractivity contribution in [2.75, 3.05) is 19.0 Å². The Labute approximate surface area is 104 Å². The third-order valence-electron chi connectivity index (χ3n) is 2.77. The van der Waals surface area contributed by atoms with Gasteiger partial charge in [0.2, 0.25) is 0 Å². The van der Waals surface area contributed by atoms with Crippen LogP contribution in [0.1, 0.15) is 0 Å². The van der Waals surface area contributed by atoms with Crippen molar-refractivity contribution in [1.29, 1.82) is 0 Å². The van der Waals surface area contributed by atoms with Gasteiger partial charge < -0.3 is 9.88 Å². The molecule has 0 unspecified atom stereocenters. The molecule has 18 heavy (non-hydrogen) atoms. The molecule has 1 N–H and O–H groups in total. The summed E-state index contributed by atoms with van der Waals surface area (Å²) in [5.41, 5.74) is 2.61. The van der Waals surface area contributed by atoms with Crippen molar-refractivity contribution in [3.8, 4) is 11.4 Å². The van der Waals surface area contributed by atoms with E-state index in [4.69, 9.17) is 0 Å². The Balaban J connectivity index is 2.11. The third kappa shape index (κ3) is 1.71. The maximum absolute atomic E-state index is 4.49. The van der Waals surface area contributed by atoms with Crippen molar-refractivity contribution < 1.29 is 0 Å². The van der Waals surface area contributed by atoms with E-state index < -0.39 is 0 Å². The first kappa shape index (κ1) is 10.8. The number of nitrogens with one attached hydrogen (secondary N) is 1. The predicted molar refractivity (Wildman–Crippen MR) is 70.4 cm³/mol. The van der Waals surface area contributed by atoms with Crippen molar-refractivity contribution >= 4 is 17.0 Å². The highest BCUT2D eigenvalue weighted by molar-refractivity contribution is 5.77. The van der Waals surface area contributed by atoms with Gasteiger partial charge in [-0.3, -0.25) is 4.68 Å². The van der Waals surface area contributed by atoms with E-state index in [9.17, 15) is 0 Å². The molecule has 6 nitrogen and oxygen atoms in total. The Kier molecular flexibility index (Phi) is 2.29. The summed E-state index contributed by atoms with van der Waals surface area (Å²) in [4.78, 5) is 14.2. The van der Waals surface area contributed by atoms with Gasteiger partial charge in [0.25, 0.3) is 0 Å². The van der Waals surface area contributed by atoms with Crippen LogP contribution in [0.3, 0.4) is 0 Å². The van der Waals surface area contributed by atoms with Gasteiger partial charge in [-0.2, -0.15) is 5.10 Å². The minimum absolute atomic E-state index is 0.722. The topological polar surface area (TPSA) is 62.6 Å². The minimum Gasteiger partial charge on any atom is -0.363 e. The van der Waals surface area contributed by atoms with Crippen molar-refractivity contribution in [2.24, 2.45) is 7.05 Å². The Morgan fingerprint density at radius 3 is 2.72 bits per heavy atom. The van der Waals surface area contributed by atoms with Crippen molar-refractivity contribution in [2.45, 2.75) is 0 Å². The van der Waals surface area contributed by atoms with Crippen LogP contribution in [-0.4, -0.2) is 38.8 Å². The molecule has 0 amide bonds. The van der Waals surface area contributed by atoms with Crippen molar-refractivity contribution in [3.63, 3.8) is 0 Å². The number of imidazole rings is 1. The summed E-state index contributed by atoms with van der Waals surface area (Å²) in [7, 11) is 5.81. The van der Waals surface area contributed by atoms with Gasteiger partial charge in [0, 0.05) is 27.3 Å². The molecule has 0 saturated heterocycles. The highest BCUT2D eigenvalue weighted by Gasteiger charge is 2.09. The summed E-state index contributed by atoms with van der Waals surface area (Å²) >= 11 is 0. The Bertz CT molecular complexity index is 693. The first-order valence-electron chi connectivity index (χ1n) is 5.66. The maximum Gasteiger partial charge on any atom is 0.180 e. The minimum atomic E-state index is 0.722. The second kappa shape index (κ2) is 3.83. The zero-order valence-corrected chi connectivity index (χ0v) is 10.5. The lowest BCUT2D eigenvalue weighted by Crippen LogP contribution is -2.10. The predicted octanol–water partition coefficient (Wildman–Crippen LogP) is 1.42. The van der Waals surface area contributed by atoms with Gasteiger partial charge in [0.1, 0.15) is 11.6 Å². The molecule has 0 radical (unpaired) electrons. The molecule has 0 bridgehead atoms. The summed E-state index contributed by atoms with van der Waals surface area (Å²) in [5, 5.41) is 4.14. The standard InChI is InChI=1S/C12H14N6/c1-17(2)10-5-4-9-12(15-10)16-11(14-9)8-6-13-18(3)7-8/h4-7H,1-3H3,(H,14,15,16). The number of aromatic amines is 1. The van der Waals surface area contributed by atoms with Crippen LogP contribution >= 0.6 is 0 Å². The molecule has 3 heterocycles. The number of H-pyrrole nitrogens is 1. The number of aryl methyl sites for hydroxylation is 1. The van der Waals surface area contributed by atoms with Crippen molar-refractivity contribution in [3.05, 3.63) is 24.5 Å². The van der Waals surface area contributed by atoms with E-state index in [1.165, 1.54) is 0 Å². The summed E-state index contributed by atoms with van der Waals surface area (Å²) in [6.07, 6.45) is 3.70. The van der Waals surface area contributed by atoms with E-state index in [2.05, 4.69) is 20.1 Å². The lowest BCUT2D eigenvalue weighted by atomic mass is 10.3.